The molecule has 1 aromatic heterocycles. The average Bonchev–Trinajstić information content (AvgIpc) is 3.40. The quantitative estimate of drug-likeness (QED) is 0.270. The maximum absolute atomic E-state index is 13.2. The number of rotatable bonds is 7. The van der Waals surface area contributed by atoms with Crippen LogP contribution in [0.2, 0.25) is 0 Å². The van der Waals surface area contributed by atoms with Gasteiger partial charge in [-0.3, -0.25) is 14.2 Å². The number of halogens is 1. The molecular weight excluding hydrogens is 578 g/mol. The Morgan fingerprint density at radius 3 is 2.54 bits per heavy atom. The summed E-state index contributed by atoms with van der Waals surface area (Å²) < 4.78 is 8.22. The van der Waals surface area contributed by atoms with Crippen molar-refractivity contribution in [3.8, 4) is 22.8 Å². The van der Waals surface area contributed by atoms with Gasteiger partial charge in [0.2, 0.25) is 5.91 Å². The molecule has 0 bridgehead atoms. The zero-order valence-electron chi connectivity index (χ0n) is 21.7. The summed E-state index contributed by atoms with van der Waals surface area (Å²) in [6.07, 6.45) is 0. The summed E-state index contributed by atoms with van der Waals surface area (Å²) >= 11 is 4.79. The van der Waals surface area contributed by atoms with Gasteiger partial charge in [0.25, 0.3) is 5.91 Å². The van der Waals surface area contributed by atoms with Crippen LogP contribution >= 0.6 is 27.7 Å². The molecular formula is C29H28BrN5O3S. The minimum atomic E-state index is -0.0909. The van der Waals surface area contributed by atoms with Gasteiger partial charge in [0.15, 0.2) is 11.0 Å². The number of methoxy groups -OCH3 is 1. The lowest BCUT2D eigenvalue weighted by Gasteiger charge is -2.40. The van der Waals surface area contributed by atoms with Crippen molar-refractivity contribution < 1.29 is 14.3 Å². The minimum absolute atomic E-state index is 0.00643. The number of ether oxygens (including phenoxy) is 1. The summed E-state index contributed by atoms with van der Waals surface area (Å²) in [5, 5.41) is 9.54. The van der Waals surface area contributed by atoms with Crippen LogP contribution in [0.5, 0.6) is 5.75 Å². The summed E-state index contributed by atoms with van der Waals surface area (Å²) in [5.41, 5.74) is 2.41. The first-order chi connectivity index (χ1) is 18.9. The Balaban J connectivity index is 1.29. The number of hydrogen-bond acceptors (Lipinski definition) is 6. The van der Waals surface area contributed by atoms with E-state index in [9.17, 15) is 9.59 Å². The summed E-state index contributed by atoms with van der Waals surface area (Å²) in [6, 6.07) is 24.8. The van der Waals surface area contributed by atoms with Gasteiger partial charge in [-0.05, 0) is 49.4 Å². The summed E-state index contributed by atoms with van der Waals surface area (Å²) in [7, 11) is 1.63. The largest absolute Gasteiger partial charge is 0.497 e. The smallest absolute Gasteiger partial charge is 0.254 e. The molecule has 0 saturated carbocycles. The van der Waals surface area contributed by atoms with Crippen LogP contribution in [0.3, 0.4) is 0 Å². The van der Waals surface area contributed by atoms with Crippen molar-refractivity contribution in [2.24, 2.45) is 0 Å². The molecule has 1 atom stereocenters. The Bertz CT molecular complexity index is 1480. The number of para-hydroxylation sites is 1. The van der Waals surface area contributed by atoms with E-state index in [0.29, 0.717) is 36.2 Å². The molecule has 1 unspecified atom stereocenters. The van der Waals surface area contributed by atoms with Gasteiger partial charge in [0.05, 0.1) is 12.9 Å². The predicted octanol–water partition coefficient (Wildman–Crippen LogP) is 5.17. The SMILES string of the molecule is COc1cccc(-c2nnc(SCC(=O)N3CCN(C(=O)c4cccc(Br)c4)C(C)C3)n2-c2ccccc2)c1. The number of thioether (sulfide) groups is 1. The second-order valence-electron chi connectivity index (χ2n) is 9.20. The van der Waals surface area contributed by atoms with Crippen molar-refractivity contribution in [1.82, 2.24) is 24.6 Å². The third-order valence-corrected chi connectivity index (χ3v) is 8.02. The highest BCUT2D eigenvalue weighted by atomic mass is 79.9. The van der Waals surface area contributed by atoms with E-state index in [1.54, 1.807) is 7.11 Å². The molecule has 10 heteroatoms. The number of benzene rings is 3. The van der Waals surface area contributed by atoms with Gasteiger partial charge >= 0.3 is 0 Å². The van der Waals surface area contributed by atoms with Crippen LogP contribution in [0.25, 0.3) is 17.1 Å². The van der Waals surface area contributed by atoms with Crippen LogP contribution in [0.1, 0.15) is 17.3 Å². The molecule has 1 aliphatic rings. The average molecular weight is 607 g/mol. The number of piperazine rings is 1. The highest BCUT2D eigenvalue weighted by Crippen LogP contribution is 2.30. The Kier molecular flexibility index (Phi) is 8.33. The van der Waals surface area contributed by atoms with Crippen molar-refractivity contribution in [1.29, 1.82) is 0 Å². The van der Waals surface area contributed by atoms with Gasteiger partial charge in [-0.1, -0.05) is 64.1 Å². The van der Waals surface area contributed by atoms with E-state index in [2.05, 4.69) is 26.1 Å². The van der Waals surface area contributed by atoms with Crippen LogP contribution in [0.15, 0.2) is 88.5 Å². The molecule has 2 amide bonds. The first kappa shape index (κ1) is 27.0. The van der Waals surface area contributed by atoms with Crippen molar-refractivity contribution >= 4 is 39.5 Å². The first-order valence-corrected chi connectivity index (χ1v) is 14.3. The number of nitrogens with zero attached hydrogens (tertiary/aromatic N) is 5. The van der Waals surface area contributed by atoms with Gasteiger partial charge in [-0.2, -0.15) is 0 Å². The molecule has 3 aromatic carbocycles. The van der Waals surface area contributed by atoms with Crippen LogP contribution in [-0.4, -0.2) is 74.9 Å². The van der Waals surface area contributed by atoms with E-state index >= 15 is 0 Å². The van der Waals surface area contributed by atoms with Gasteiger partial charge in [-0.15, -0.1) is 10.2 Å². The fourth-order valence-electron chi connectivity index (χ4n) is 4.61. The zero-order chi connectivity index (χ0) is 27.4. The van der Waals surface area contributed by atoms with Crippen molar-refractivity contribution in [2.75, 3.05) is 32.5 Å². The van der Waals surface area contributed by atoms with E-state index in [0.717, 1.165) is 21.5 Å². The number of carbonyl (C=O) groups is 2. The van der Waals surface area contributed by atoms with Gasteiger partial charge in [-0.25, -0.2) is 0 Å². The van der Waals surface area contributed by atoms with Gasteiger partial charge < -0.3 is 14.5 Å². The predicted molar refractivity (Wildman–Crippen MR) is 155 cm³/mol. The van der Waals surface area contributed by atoms with Crippen molar-refractivity contribution in [3.05, 3.63) is 88.9 Å². The summed E-state index contributed by atoms with van der Waals surface area (Å²) in [4.78, 5) is 30.0. The van der Waals surface area contributed by atoms with Gasteiger partial charge in [0.1, 0.15) is 5.75 Å². The highest BCUT2D eigenvalue weighted by molar-refractivity contribution is 9.10. The zero-order valence-corrected chi connectivity index (χ0v) is 24.1. The lowest BCUT2D eigenvalue weighted by molar-refractivity contribution is -0.130. The van der Waals surface area contributed by atoms with E-state index in [-0.39, 0.29) is 23.6 Å². The molecule has 2 heterocycles. The van der Waals surface area contributed by atoms with E-state index in [1.807, 2.05) is 100 Å². The first-order valence-electron chi connectivity index (χ1n) is 12.6. The second kappa shape index (κ2) is 12.0. The van der Waals surface area contributed by atoms with E-state index in [4.69, 9.17) is 4.74 Å². The van der Waals surface area contributed by atoms with Crippen LogP contribution in [-0.2, 0) is 4.79 Å². The molecule has 1 fully saturated rings. The maximum atomic E-state index is 13.2. The molecule has 0 N–H and O–H groups in total. The fraction of sp³-hybridized carbons (Fsp3) is 0.241. The van der Waals surface area contributed by atoms with E-state index < -0.39 is 0 Å². The fourth-order valence-corrected chi connectivity index (χ4v) is 5.87. The summed E-state index contributed by atoms with van der Waals surface area (Å²) in [5.74, 6) is 1.60. The number of aromatic nitrogens is 3. The van der Waals surface area contributed by atoms with Crippen LogP contribution in [0.4, 0.5) is 0 Å². The topological polar surface area (TPSA) is 80.6 Å². The van der Waals surface area contributed by atoms with Crippen molar-refractivity contribution in [3.63, 3.8) is 0 Å². The molecule has 4 aromatic rings. The third kappa shape index (κ3) is 6.02. The molecule has 5 rings (SSSR count). The van der Waals surface area contributed by atoms with E-state index in [1.165, 1.54) is 11.8 Å². The monoisotopic (exact) mass is 605 g/mol. The lowest BCUT2D eigenvalue weighted by Crippen LogP contribution is -2.55. The molecule has 0 radical (unpaired) electrons. The number of carbonyl (C=O) groups excluding carboxylic acids is 2. The lowest BCUT2D eigenvalue weighted by atomic mass is 10.1. The molecule has 1 aliphatic heterocycles. The maximum Gasteiger partial charge on any atom is 0.254 e. The molecule has 0 aliphatic carbocycles. The molecule has 200 valence electrons. The third-order valence-electron chi connectivity index (χ3n) is 6.61. The van der Waals surface area contributed by atoms with Gasteiger partial charge in [0, 0.05) is 47.0 Å². The Hall–Kier alpha value is -3.63. The molecule has 8 nitrogen and oxygen atoms in total. The Labute approximate surface area is 240 Å². The number of amides is 2. The molecule has 39 heavy (non-hydrogen) atoms. The summed E-state index contributed by atoms with van der Waals surface area (Å²) in [6.45, 7) is 3.45. The minimum Gasteiger partial charge on any atom is -0.497 e. The molecule has 0 spiro atoms. The number of hydrogen-bond donors (Lipinski definition) is 0. The van der Waals surface area contributed by atoms with Crippen LogP contribution < -0.4 is 4.74 Å². The Morgan fingerprint density at radius 1 is 1.00 bits per heavy atom. The standard InChI is InChI=1S/C29H28BrN5O3S/c1-20-18-33(14-15-34(20)28(37)22-9-6-10-23(30)16-22)26(36)19-39-29-32-31-27(21-8-7-13-25(17-21)38-2)35(29)24-11-4-3-5-12-24/h3-13,16-17,20H,14-15,18-19H2,1-2H3. The Morgan fingerprint density at radius 2 is 1.79 bits per heavy atom. The highest BCUT2D eigenvalue weighted by Gasteiger charge is 2.30. The normalized spacial score (nSPS) is 15.3. The van der Waals surface area contributed by atoms with Crippen molar-refractivity contribution in [2.45, 2.75) is 18.1 Å². The molecule has 1 saturated heterocycles. The second-order valence-corrected chi connectivity index (χ2v) is 11.1. The van der Waals surface area contributed by atoms with Crippen LogP contribution in [0, 0.1) is 0 Å².